The molecule has 1 saturated heterocycles. The molecule has 0 spiro atoms. The van der Waals surface area contributed by atoms with Crippen LogP contribution in [0.3, 0.4) is 0 Å². The van der Waals surface area contributed by atoms with E-state index in [1.807, 2.05) is 19.1 Å². The molecule has 1 amide bonds. The van der Waals surface area contributed by atoms with E-state index in [1.165, 1.54) is 0 Å². The van der Waals surface area contributed by atoms with Crippen LogP contribution in [0.15, 0.2) is 36.9 Å². The molecule has 0 aliphatic carbocycles. The topological polar surface area (TPSA) is 88.3 Å². The summed E-state index contributed by atoms with van der Waals surface area (Å²) in [6.45, 7) is 2.60. The van der Waals surface area contributed by atoms with Crippen molar-refractivity contribution in [3.05, 3.63) is 42.5 Å². The summed E-state index contributed by atoms with van der Waals surface area (Å²) in [5.74, 6) is -1.49. The maximum absolute atomic E-state index is 12.5. The molecule has 1 fully saturated rings. The number of nitrogens with zero attached hydrogens (tertiary/aromatic N) is 4. The summed E-state index contributed by atoms with van der Waals surface area (Å²) in [4.78, 5) is 25.2. The molecule has 7 heteroatoms. The van der Waals surface area contributed by atoms with Gasteiger partial charge in [0.05, 0.1) is 5.92 Å². The molecule has 0 bridgehead atoms. The highest BCUT2D eigenvalue weighted by Crippen LogP contribution is 2.24. The minimum absolute atomic E-state index is 0.0299. The van der Waals surface area contributed by atoms with Crippen molar-refractivity contribution >= 4 is 11.9 Å². The number of hydrogen-bond donors (Lipinski definition) is 1. The first kappa shape index (κ1) is 14.2. The van der Waals surface area contributed by atoms with Gasteiger partial charge in [0.25, 0.3) is 5.91 Å². The zero-order valence-corrected chi connectivity index (χ0v) is 12.1. The first-order valence-electron chi connectivity index (χ1n) is 7.03. The second kappa shape index (κ2) is 5.59. The van der Waals surface area contributed by atoms with Crippen LogP contribution < -0.4 is 0 Å². The van der Waals surface area contributed by atoms with Crippen LogP contribution in [0.4, 0.5) is 0 Å². The van der Waals surface area contributed by atoms with E-state index in [4.69, 9.17) is 5.11 Å². The lowest BCUT2D eigenvalue weighted by Crippen LogP contribution is -2.29. The summed E-state index contributed by atoms with van der Waals surface area (Å²) in [5, 5.41) is 16.6. The standard InChI is InChI=1S/C15H16N4O3/c1-10-6-18(7-13(10)15(21)22)14(20)11-2-4-12(5-3-11)19-8-16-17-9-19/h2-5,8-10,13H,6-7H2,1H3,(H,21,22)/t10-,13-/m1/s1. The normalized spacial score (nSPS) is 21.0. The van der Waals surface area contributed by atoms with Gasteiger partial charge in [-0.05, 0) is 30.2 Å². The molecule has 3 rings (SSSR count). The van der Waals surface area contributed by atoms with E-state index in [-0.39, 0.29) is 18.4 Å². The number of carboxylic acids is 1. The Labute approximate surface area is 127 Å². The highest BCUT2D eigenvalue weighted by Gasteiger charge is 2.37. The van der Waals surface area contributed by atoms with Gasteiger partial charge in [0.1, 0.15) is 12.7 Å². The number of likely N-dealkylation sites (tertiary alicyclic amines) is 1. The fraction of sp³-hybridized carbons (Fsp3) is 0.333. The lowest BCUT2D eigenvalue weighted by Gasteiger charge is -2.16. The monoisotopic (exact) mass is 300 g/mol. The largest absolute Gasteiger partial charge is 0.481 e. The second-order valence-corrected chi connectivity index (χ2v) is 5.55. The van der Waals surface area contributed by atoms with Gasteiger partial charge in [0.15, 0.2) is 0 Å². The average Bonchev–Trinajstić information content (AvgIpc) is 3.16. The molecule has 1 N–H and O–H groups in total. The summed E-state index contributed by atoms with van der Waals surface area (Å²) in [6.07, 6.45) is 3.16. The quantitative estimate of drug-likeness (QED) is 0.915. The number of amides is 1. The zero-order valence-electron chi connectivity index (χ0n) is 12.1. The van der Waals surface area contributed by atoms with Crippen molar-refractivity contribution < 1.29 is 14.7 Å². The highest BCUT2D eigenvalue weighted by molar-refractivity contribution is 5.95. The van der Waals surface area contributed by atoms with Gasteiger partial charge in [0, 0.05) is 24.3 Å². The van der Waals surface area contributed by atoms with Gasteiger partial charge in [-0.25, -0.2) is 0 Å². The number of aromatic nitrogens is 3. The Morgan fingerprint density at radius 3 is 2.32 bits per heavy atom. The van der Waals surface area contributed by atoms with Crippen molar-refractivity contribution in [2.45, 2.75) is 6.92 Å². The van der Waals surface area contributed by atoms with Crippen molar-refractivity contribution in [3.8, 4) is 5.69 Å². The molecule has 1 aromatic carbocycles. The van der Waals surface area contributed by atoms with Crippen molar-refractivity contribution in [1.29, 1.82) is 0 Å². The third kappa shape index (κ3) is 2.57. The summed E-state index contributed by atoms with van der Waals surface area (Å²) < 4.78 is 1.74. The molecular formula is C15H16N4O3. The molecule has 0 unspecified atom stereocenters. The van der Waals surface area contributed by atoms with Crippen molar-refractivity contribution in [2.75, 3.05) is 13.1 Å². The van der Waals surface area contributed by atoms with E-state index in [2.05, 4.69) is 10.2 Å². The summed E-state index contributed by atoms with van der Waals surface area (Å²) in [5.41, 5.74) is 1.41. The Morgan fingerprint density at radius 2 is 1.77 bits per heavy atom. The van der Waals surface area contributed by atoms with Crippen LogP contribution in [0.25, 0.3) is 5.69 Å². The fourth-order valence-corrected chi connectivity index (χ4v) is 2.75. The molecule has 2 heterocycles. The zero-order chi connectivity index (χ0) is 15.7. The van der Waals surface area contributed by atoms with Crippen LogP contribution in [-0.2, 0) is 4.79 Å². The van der Waals surface area contributed by atoms with E-state index < -0.39 is 11.9 Å². The maximum atomic E-state index is 12.5. The van der Waals surface area contributed by atoms with Crippen molar-refractivity contribution in [3.63, 3.8) is 0 Å². The molecule has 0 saturated carbocycles. The Morgan fingerprint density at radius 1 is 1.14 bits per heavy atom. The Bertz CT molecular complexity index is 681. The lowest BCUT2D eigenvalue weighted by molar-refractivity contribution is -0.142. The fourth-order valence-electron chi connectivity index (χ4n) is 2.75. The van der Waals surface area contributed by atoms with E-state index in [1.54, 1.807) is 34.3 Å². The van der Waals surface area contributed by atoms with Crippen LogP contribution >= 0.6 is 0 Å². The van der Waals surface area contributed by atoms with Gasteiger partial charge < -0.3 is 10.0 Å². The van der Waals surface area contributed by atoms with Crippen LogP contribution in [0.2, 0.25) is 0 Å². The number of benzene rings is 1. The van der Waals surface area contributed by atoms with Gasteiger partial charge in [-0.3, -0.25) is 14.2 Å². The average molecular weight is 300 g/mol. The number of carbonyl (C=O) groups excluding carboxylic acids is 1. The number of carboxylic acid groups (broad SMARTS) is 1. The Hall–Kier alpha value is -2.70. The summed E-state index contributed by atoms with van der Waals surface area (Å²) >= 11 is 0. The Balaban J connectivity index is 1.74. The minimum atomic E-state index is -0.842. The molecule has 2 aromatic rings. The molecule has 22 heavy (non-hydrogen) atoms. The highest BCUT2D eigenvalue weighted by atomic mass is 16.4. The van der Waals surface area contributed by atoms with Gasteiger partial charge in [-0.15, -0.1) is 10.2 Å². The number of hydrogen-bond acceptors (Lipinski definition) is 4. The third-order valence-corrected chi connectivity index (χ3v) is 4.05. The second-order valence-electron chi connectivity index (χ2n) is 5.55. The van der Waals surface area contributed by atoms with Crippen LogP contribution in [0.1, 0.15) is 17.3 Å². The molecular weight excluding hydrogens is 284 g/mol. The predicted molar refractivity (Wildman–Crippen MR) is 77.6 cm³/mol. The lowest BCUT2D eigenvalue weighted by atomic mass is 9.99. The predicted octanol–water partition coefficient (Wildman–Crippen LogP) is 1.06. The van der Waals surface area contributed by atoms with Crippen LogP contribution in [-0.4, -0.2) is 49.7 Å². The van der Waals surface area contributed by atoms with Gasteiger partial charge in [0.2, 0.25) is 0 Å². The first-order chi connectivity index (χ1) is 10.6. The summed E-state index contributed by atoms with van der Waals surface area (Å²) in [7, 11) is 0. The maximum Gasteiger partial charge on any atom is 0.308 e. The molecule has 2 atom stereocenters. The summed E-state index contributed by atoms with van der Waals surface area (Å²) in [6, 6.07) is 7.09. The van der Waals surface area contributed by atoms with Crippen molar-refractivity contribution in [2.24, 2.45) is 11.8 Å². The SMILES string of the molecule is C[C@@H]1CN(C(=O)c2ccc(-n3cnnc3)cc2)C[C@H]1C(=O)O. The molecule has 1 aliphatic rings. The van der Waals surface area contributed by atoms with Crippen LogP contribution in [0, 0.1) is 11.8 Å². The molecule has 114 valence electrons. The van der Waals surface area contributed by atoms with Crippen LogP contribution in [0.5, 0.6) is 0 Å². The van der Waals surface area contributed by atoms with Gasteiger partial charge in [-0.2, -0.15) is 0 Å². The molecule has 7 nitrogen and oxygen atoms in total. The number of aliphatic carboxylic acids is 1. The molecule has 1 aromatic heterocycles. The van der Waals surface area contributed by atoms with E-state index in [9.17, 15) is 9.59 Å². The van der Waals surface area contributed by atoms with E-state index >= 15 is 0 Å². The number of rotatable bonds is 3. The van der Waals surface area contributed by atoms with Gasteiger partial charge in [-0.1, -0.05) is 6.92 Å². The van der Waals surface area contributed by atoms with Crippen molar-refractivity contribution in [1.82, 2.24) is 19.7 Å². The van der Waals surface area contributed by atoms with Gasteiger partial charge >= 0.3 is 5.97 Å². The minimum Gasteiger partial charge on any atom is -0.481 e. The molecule has 0 radical (unpaired) electrons. The third-order valence-electron chi connectivity index (χ3n) is 4.05. The number of carbonyl (C=O) groups is 2. The molecule has 1 aliphatic heterocycles. The van der Waals surface area contributed by atoms with E-state index in [0.29, 0.717) is 12.1 Å². The smallest absolute Gasteiger partial charge is 0.308 e. The van der Waals surface area contributed by atoms with E-state index in [0.717, 1.165) is 5.69 Å². The first-order valence-corrected chi connectivity index (χ1v) is 7.03. The Kier molecular flexibility index (Phi) is 3.62.